The number of halogens is 1. The Bertz CT molecular complexity index is 1410. The lowest BCUT2D eigenvalue weighted by molar-refractivity contribution is -0.132. The number of aryl methyl sites for hydroxylation is 1. The molecule has 1 atom stereocenters. The van der Waals surface area contributed by atoms with E-state index in [1.807, 2.05) is 24.3 Å². The van der Waals surface area contributed by atoms with Crippen molar-refractivity contribution >= 4 is 44.1 Å². The van der Waals surface area contributed by atoms with Gasteiger partial charge in [-0.25, -0.2) is 9.37 Å². The summed E-state index contributed by atoms with van der Waals surface area (Å²) in [5.74, 6) is -2.38. The molecule has 3 aromatic carbocycles. The van der Waals surface area contributed by atoms with E-state index < -0.39 is 23.5 Å². The van der Waals surface area contributed by atoms with Crippen LogP contribution in [-0.4, -0.2) is 21.8 Å². The van der Waals surface area contributed by atoms with Crippen LogP contribution in [0.4, 0.5) is 9.52 Å². The molecule has 5 rings (SSSR count). The molecular weight excluding hydrogens is 439 g/mol. The van der Waals surface area contributed by atoms with Crippen LogP contribution in [0.3, 0.4) is 0 Å². The molecule has 1 saturated heterocycles. The van der Waals surface area contributed by atoms with Crippen LogP contribution in [0.1, 0.15) is 29.7 Å². The first-order valence-corrected chi connectivity index (χ1v) is 11.3. The average molecular weight is 459 g/mol. The van der Waals surface area contributed by atoms with Gasteiger partial charge in [-0.05, 0) is 53.9 Å². The fourth-order valence-corrected chi connectivity index (χ4v) is 5.08. The number of fused-ring (bicyclic) bond motifs is 1. The number of carbonyl (C=O) groups is 2. The van der Waals surface area contributed by atoms with Gasteiger partial charge in [0.25, 0.3) is 5.78 Å². The van der Waals surface area contributed by atoms with Crippen LogP contribution in [0.5, 0.6) is 0 Å². The Labute approximate surface area is 193 Å². The zero-order chi connectivity index (χ0) is 23.1. The molecule has 0 spiro atoms. The van der Waals surface area contributed by atoms with E-state index in [1.165, 1.54) is 40.5 Å². The zero-order valence-corrected chi connectivity index (χ0v) is 18.5. The lowest BCUT2D eigenvalue weighted by atomic mass is 9.95. The minimum atomic E-state index is -0.859. The second-order valence-corrected chi connectivity index (χ2v) is 8.75. The summed E-state index contributed by atoms with van der Waals surface area (Å²) in [7, 11) is 0. The Kier molecular flexibility index (Phi) is 5.26. The molecule has 0 saturated carbocycles. The highest BCUT2D eigenvalue weighted by molar-refractivity contribution is 7.22. The molecule has 4 aromatic rings. The molecule has 1 amide bonds. The number of aromatic nitrogens is 1. The van der Waals surface area contributed by atoms with Crippen molar-refractivity contribution in [2.45, 2.75) is 19.4 Å². The number of ketones is 1. The maximum Gasteiger partial charge on any atom is 0.301 e. The predicted octanol–water partition coefficient (Wildman–Crippen LogP) is 5.62. The van der Waals surface area contributed by atoms with Crippen LogP contribution < -0.4 is 4.90 Å². The first-order chi connectivity index (χ1) is 16.0. The van der Waals surface area contributed by atoms with Gasteiger partial charge in [0.15, 0.2) is 5.13 Å². The number of Topliss-reactive ketones (excluding diaryl/α,β-unsaturated/α-hetero) is 1. The van der Waals surface area contributed by atoms with Crippen molar-refractivity contribution in [1.82, 2.24) is 4.98 Å². The smallest absolute Gasteiger partial charge is 0.301 e. The largest absolute Gasteiger partial charge is 0.507 e. The minimum absolute atomic E-state index is 0.0497. The number of carbonyl (C=O) groups excluding carboxylic acids is 2. The summed E-state index contributed by atoms with van der Waals surface area (Å²) < 4.78 is 14.3. The second-order valence-electron chi connectivity index (χ2n) is 7.74. The monoisotopic (exact) mass is 458 g/mol. The fourth-order valence-electron chi connectivity index (χ4n) is 4.02. The van der Waals surface area contributed by atoms with Crippen molar-refractivity contribution in [1.29, 1.82) is 0 Å². The summed E-state index contributed by atoms with van der Waals surface area (Å²) in [6.07, 6.45) is 0.870. The number of aliphatic hydroxyl groups excluding tert-OH is 1. The summed E-state index contributed by atoms with van der Waals surface area (Å²) in [4.78, 5) is 32.4. The normalized spacial score (nSPS) is 17.8. The number of thiazole rings is 1. The Morgan fingerprint density at radius 2 is 1.79 bits per heavy atom. The standard InChI is InChI=1S/C26H19FN2O3S/c1-2-15-8-13-19-20(14-15)33-26(28-19)29-22(16-6-4-3-5-7-16)21(24(31)25(29)32)23(30)17-9-11-18(27)12-10-17/h3-14,22,30H,2H2,1H3. The second kappa shape index (κ2) is 8.26. The lowest BCUT2D eigenvalue weighted by Gasteiger charge is -2.22. The van der Waals surface area contributed by atoms with Crippen molar-refractivity contribution in [3.63, 3.8) is 0 Å². The van der Waals surface area contributed by atoms with Crippen LogP contribution in [0, 0.1) is 5.82 Å². The zero-order valence-electron chi connectivity index (χ0n) is 17.7. The summed E-state index contributed by atoms with van der Waals surface area (Å²) in [5, 5.41) is 11.4. The molecule has 33 heavy (non-hydrogen) atoms. The van der Waals surface area contributed by atoms with Gasteiger partial charge in [0.1, 0.15) is 11.6 Å². The molecule has 0 radical (unpaired) electrons. The van der Waals surface area contributed by atoms with Crippen molar-refractivity contribution in [2.24, 2.45) is 0 Å². The third-order valence-electron chi connectivity index (χ3n) is 5.73. The summed E-state index contributed by atoms with van der Waals surface area (Å²) >= 11 is 1.33. The van der Waals surface area contributed by atoms with Crippen molar-refractivity contribution in [2.75, 3.05) is 4.90 Å². The molecule has 1 N–H and O–H groups in total. The number of benzene rings is 3. The maximum atomic E-state index is 13.4. The van der Waals surface area contributed by atoms with Gasteiger partial charge in [0.2, 0.25) is 0 Å². The Hall–Kier alpha value is -3.84. The third-order valence-corrected chi connectivity index (χ3v) is 6.75. The van der Waals surface area contributed by atoms with E-state index in [0.29, 0.717) is 10.7 Å². The van der Waals surface area contributed by atoms with Gasteiger partial charge in [-0.3, -0.25) is 14.5 Å². The van der Waals surface area contributed by atoms with E-state index in [9.17, 15) is 19.1 Å². The van der Waals surface area contributed by atoms with Crippen molar-refractivity contribution in [3.05, 3.63) is 101 Å². The van der Waals surface area contributed by atoms with Crippen molar-refractivity contribution < 1.29 is 19.1 Å². The Balaban J connectivity index is 1.71. The molecule has 1 fully saturated rings. The van der Waals surface area contributed by atoms with Crippen LogP contribution >= 0.6 is 11.3 Å². The van der Waals surface area contributed by atoms with E-state index in [0.717, 1.165) is 22.2 Å². The number of hydrogen-bond acceptors (Lipinski definition) is 5. The molecule has 0 aliphatic carbocycles. The van der Waals surface area contributed by atoms with Crippen LogP contribution in [0.15, 0.2) is 78.4 Å². The van der Waals surface area contributed by atoms with E-state index in [1.54, 1.807) is 24.3 Å². The molecule has 1 aliphatic rings. The molecule has 1 aromatic heterocycles. The molecule has 0 bridgehead atoms. The van der Waals surface area contributed by atoms with Gasteiger partial charge in [-0.15, -0.1) is 0 Å². The van der Waals surface area contributed by atoms with E-state index >= 15 is 0 Å². The number of rotatable bonds is 4. The van der Waals surface area contributed by atoms with Gasteiger partial charge in [0.05, 0.1) is 21.8 Å². The quantitative estimate of drug-likeness (QED) is 0.245. The Morgan fingerprint density at radius 3 is 2.48 bits per heavy atom. The molecule has 1 unspecified atom stereocenters. The van der Waals surface area contributed by atoms with Crippen molar-refractivity contribution in [3.8, 4) is 0 Å². The van der Waals surface area contributed by atoms with Gasteiger partial charge < -0.3 is 5.11 Å². The van der Waals surface area contributed by atoms with Gasteiger partial charge in [0, 0.05) is 5.56 Å². The highest BCUT2D eigenvalue weighted by Gasteiger charge is 2.48. The third kappa shape index (κ3) is 3.60. The Morgan fingerprint density at radius 1 is 1.06 bits per heavy atom. The predicted molar refractivity (Wildman–Crippen MR) is 127 cm³/mol. The SMILES string of the molecule is CCc1ccc2nc(N3C(=O)C(=O)C(=C(O)c4ccc(F)cc4)C3c3ccccc3)sc2c1. The fraction of sp³-hybridized carbons (Fsp3) is 0.115. The first kappa shape index (κ1) is 21.0. The number of amides is 1. The maximum absolute atomic E-state index is 13.4. The topological polar surface area (TPSA) is 70.5 Å². The van der Waals surface area contributed by atoms with Crippen LogP contribution in [0.25, 0.3) is 16.0 Å². The molecule has 7 heteroatoms. The number of anilines is 1. The first-order valence-electron chi connectivity index (χ1n) is 10.5. The number of nitrogens with zero attached hydrogens (tertiary/aromatic N) is 2. The number of aliphatic hydroxyl groups is 1. The van der Waals surface area contributed by atoms with E-state index in [4.69, 9.17) is 0 Å². The van der Waals surface area contributed by atoms with Gasteiger partial charge in [-0.1, -0.05) is 54.7 Å². The molecular formula is C26H19FN2O3S. The van der Waals surface area contributed by atoms with Crippen LogP contribution in [0.2, 0.25) is 0 Å². The van der Waals surface area contributed by atoms with E-state index in [-0.39, 0.29) is 16.9 Å². The van der Waals surface area contributed by atoms with Gasteiger partial charge in [-0.2, -0.15) is 0 Å². The van der Waals surface area contributed by atoms with E-state index in [2.05, 4.69) is 11.9 Å². The summed E-state index contributed by atoms with van der Waals surface area (Å²) in [5.41, 5.74) is 2.75. The average Bonchev–Trinajstić information content (AvgIpc) is 3.37. The summed E-state index contributed by atoms with van der Waals surface area (Å²) in [6, 6.07) is 19.2. The highest BCUT2D eigenvalue weighted by atomic mass is 32.1. The lowest BCUT2D eigenvalue weighted by Crippen LogP contribution is -2.29. The summed E-state index contributed by atoms with van der Waals surface area (Å²) in [6.45, 7) is 2.06. The van der Waals surface area contributed by atoms with Crippen LogP contribution in [-0.2, 0) is 16.0 Å². The molecule has 2 heterocycles. The highest BCUT2D eigenvalue weighted by Crippen LogP contribution is 2.44. The minimum Gasteiger partial charge on any atom is -0.507 e. The molecule has 5 nitrogen and oxygen atoms in total. The van der Waals surface area contributed by atoms with Gasteiger partial charge >= 0.3 is 5.91 Å². The number of hydrogen-bond donors (Lipinski definition) is 1. The molecule has 1 aliphatic heterocycles. The molecule has 164 valence electrons.